The number of nitrogens with zero attached hydrogens (tertiary/aromatic N) is 1. The highest BCUT2D eigenvalue weighted by Crippen LogP contribution is 2.32. The van der Waals surface area contributed by atoms with Crippen molar-refractivity contribution in [3.8, 4) is 0 Å². The van der Waals surface area contributed by atoms with Gasteiger partial charge in [-0.05, 0) is 25.5 Å². The van der Waals surface area contributed by atoms with Crippen molar-refractivity contribution in [3.05, 3.63) is 29.8 Å². The molecule has 2 aliphatic heterocycles. The Labute approximate surface area is 113 Å². The third-order valence-corrected chi connectivity index (χ3v) is 3.86. The largest absolute Gasteiger partial charge is 0.384 e. The van der Waals surface area contributed by atoms with Gasteiger partial charge in [-0.3, -0.25) is 4.79 Å². The third-order valence-electron chi connectivity index (χ3n) is 3.86. The molecule has 3 unspecified atom stereocenters. The minimum atomic E-state index is -0.0475. The molecule has 0 aromatic heterocycles. The maximum atomic E-state index is 12.7. The monoisotopic (exact) mass is 260 g/mol. The number of ether oxygens (including phenoxy) is 1. The number of fused-ring (bicyclic) bond motifs is 1. The first-order valence-electron chi connectivity index (χ1n) is 6.92. The Hall–Kier alpha value is -1.55. The highest BCUT2D eigenvalue weighted by Gasteiger charge is 2.34. The summed E-state index contributed by atoms with van der Waals surface area (Å²) in [6, 6.07) is 8.08. The number of benzene rings is 1. The van der Waals surface area contributed by atoms with Crippen LogP contribution in [0.15, 0.2) is 24.3 Å². The van der Waals surface area contributed by atoms with Gasteiger partial charge in [0, 0.05) is 25.3 Å². The van der Waals surface area contributed by atoms with E-state index in [0.717, 1.165) is 11.3 Å². The van der Waals surface area contributed by atoms with Gasteiger partial charge in [0.25, 0.3) is 0 Å². The van der Waals surface area contributed by atoms with Crippen LogP contribution in [0.3, 0.4) is 0 Å². The SMILES string of the molecule is CC1CN(C(=O)C2CNc3ccccc32)CC(C)O1. The zero-order chi connectivity index (χ0) is 13.4. The van der Waals surface area contributed by atoms with Gasteiger partial charge in [0.15, 0.2) is 0 Å². The van der Waals surface area contributed by atoms with E-state index < -0.39 is 0 Å². The minimum absolute atomic E-state index is 0.0475. The maximum absolute atomic E-state index is 12.7. The lowest BCUT2D eigenvalue weighted by Gasteiger charge is -2.36. The molecule has 1 N–H and O–H groups in total. The van der Waals surface area contributed by atoms with Crippen LogP contribution in [0.25, 0.3) is 0 Å². The molecular formula is C15H20N2O2. The molecule has 0 bridgehead atoms. The molecule has 0 aliphatic carbocycles. The first-order chi connectivity index (χ1) is 9.15. The summed E-state index contributed by atoms with van der Waals surface area (Å²) in [6.45, 7) is 6.15. The summed E-state index contributed by atoms with van der Waals surface area (Å²) in [5, 5.41) is 3.31. The number of amides is 1. The molecule has 2 heterocycles. The number of carbonyl (C=O) groups excluding carboxylic acids is 1. The fourth-order valence-electron chi connectivity index (χ4n) is 3.08. The van der Waals surface area contributed by atoms with E-state index >= 15 is 0 Å². The minimum Gasteiger partial charge on any atom is -0.384 e. The fourth-order valence-corrected chi connectivity index (χ4v) is 3.08. The summed E-state index contributed by atoms with van der Waals surface area (Å²) in [4.78, 5) is 14.6. The molecule has 3 rings (SSSR count). The molecule has 1 aromatic rings. The van der Waals surface area contributed by atoms with Crippen molar-refractivity contribution in [3.63, 3.8) is 0 Å². The lowest BCUT2D eigenvalue weighted by Crippen LogP contribution is -2.49. The van der Waals surface area contributed by atoms with Crippen molar-refractivity contribution < 1.29 is 9.53 Å². The van der Waals surface area contributed by atoms with Gasteiger partial charge in [0.1, 0.15) is 0 Å². The quantitative estimate of drug-likeness (QED) is 0.837. The standard InChI is InChI=1S/C15H20N2O2/c1-10-8-17(9-11(2)19-10)15(18)13-7-16-14-6-4-3-5-12(13)14/h3-6,10-11,13,16H,7-9H2,1-2H3. The fraction of sp³-hybridized carbons (Fsp3) is 0.533. The second kappa shape index (κ2) is 4.85. The average Bonchev–Trinajstić information content (AvgIpc) is 2.80. The molecule has 0 saturated carbocycles. The molecule has 4 nitrogen and oxygen atoms in total. The van der Waals surface area contributed by atoms with Crippen molar-refractivity contribution in [1.82, 2.24) is 4.90 Å². The first-order valence-corrected chi connectivity index (χ1v) is 6.92. The van der Waals surface area contributed by atoms with Crippen LogP contribution in [0.1, 0.15) is 25.3 Å². The average molecular weight is 260 g/mol. The number of hydrogen-bond acceptors (Lipinski definition) is 3. The van der Waals surface area contributed by atoms with Gasteiger partial charge >= 0.3 is 0 Å². The number of para-hydroxylation sites is 1. The Bertz CT molecular complexity index is 479. The van der Waals surface area contributed by atoms with Gasteiger partial charge in [-0.2, -0.15) is 0 Å². The van der Waals surface area contributed by atoms with Crippen LogP contribution >= 0.6 is 0 Å². The lowest BCUT2D eigenvalue weighted by molar-refractivity contribution is -0.144. The van der Waals surface area contributed by atoms with Gasteiger partial charge in [-0.1, -0.05) is 18.2 Å². The van der Waals surface area contributed by atoms with Crippen molar-refractivity contribution >= 4 is 11.6 Å². The Morgan fingerprint density at radius 2 is 1.95 bits per heavy atom. The third kappa shape index (κ3) is 2.32. The van der Waals surface area contributed by atoms with Crippen LogP contribution in [0.4, 0.5) is 5.69 Å². The smallest absolute Gasteiger partial charge is 0.232 e. The highest BCUT2D eigenvalue weighted by molar-refractivity contribution is 5.88. The Balaban J connectivity index is 1.78. The molecule has 102 valence electrons. The highest BCUT2D eigenvalue weighted by atomic mass is 16.5. The van der Waals surface area contributed by atoms with E-state index in [-0.39, 0.29) is 24.0 Å². The van der Waals surface area contributed by atoms with Gasteiger partial charge in [0.05, 0.1) is 18.1 Å². The van der Waals surface area contributed by atoms with E-state index in [0.29, 0.717) is 19.6 Å². The number of carbonyl (C=O) groups is 1. The molecule has 1 saturated heterocycles. The Morgan fingerprint density at radius 3 is 2.68 bits per heavy atom. The van der Waals surface area contributed by atoms with Crippen molar-refractivity contribution in [2.24, 2.45) is 0 Å². The van der Waals surface area contributed by atoms with Crippen LogP contribution < -0.4 is 5.32 Å². The van der Waals surface area contributed by atoms with E-state index in [1.165, 1.54) is 0 Å². The number of morpholine rings is 1. The lowest BCUT2D eigenvalue weighted by atomic mass is 9.99. The normalized spacial score (nSPS) is 29.8. The van der Waals surface area contributed by atoms with Crippen LogP contribution in [-0.2, 0) is 9.53 Å². The van der Waals surface area contributed by atoms with Gasteiger partial charge in [-0.15, -0.1) is 0 Å². The van der Waals surface area contributed by atoms with Gasteiger partial charge in [-0.25, -0.2) is 0 Å². The summed E-state index contributed by atoms with van der Waals surface area (Å²) in [6.07, 6.45) is 0.245. The molecule has 0 radical (unpaired) electrons. The summed E-state index contributed by atoms with van der Waals surface area (Å²) in [5.41, 5.74) is 2.22. The van der Waals surface area contributed by atoms with Crippen LogP contribution in [-0.4, -0.2) is 42.6 Å². The predicted molar refractivity (Wildman–Crippen MR) is 74.3 cm³/mol. The second-order valence-electron chi connectivity index (χ2n) is 5.52. The summed E-state index contributed by atoms with van der Waals surface area (Å²) in [5.74, 6) is 0.174. The Kier molecular flexibility index (Phi) is 3.19. The number of nitrogens with one attached hydrogen (secondary N) is 1. The molecule has 1 fully saturated rings. The van der Waals surface area contributed by atoms with E-state index in [1.807, 2.05) is 43.0 Å². The van der Waals surface area contributed by atoms with Crippen molar-refractivity contribution in [2.75, 3.05) is 25.0 Å². The maximum Gasteiger partial charge on any atom is 0.232 e. The number of hydrogen-bond donors (Lipinski definition) is 1. The van der Waals surface area contributed by atoms with E-state index in [4.69, 9.17) is 4.74 Å². The van der Waals surface area contributed by atoms with Crippen LogP contribution in [0, 0.1) is 0 Å². The first kappa shape index (κ1) is 12.5. The van der Waals surface area contributed by atoms with E-state index in [9.17, 15) is 4.79 Å². The molecule has 0 spiro atoms. The molecule has 2 aliphatic rings. The zero-order valence-corrected chi connectivity index (χ0v) is 11.4. The summed E-state index contributed by atoms with van der Waals surface area (Å²) < 4.78 is 5.69. The second-order valence-corrected chi connectivity index (χ2v) is 5.52. The van der Waals surface area contributed by atoms with Crippen molar-refractivity contribution in [2.45, 2.75) is 32.0 Å². The van der Waals surface area contributed by atoms with Crippen molar-refractivity contribution in [1.29, 1.82) is 0 Å². The van der Waals surface area contributed by atoms with E-state index in [1.54, 1.807) is 0 Å². The Morgan fingerprint density at radius 1 is 1.26 bits per heavy atom. The molecular weight excluding hydrogens is 240 g/mol. The summed E-state index contributed by atoms with van der Waals surface area (Å²) >= 11 is 0. The molecule has 19 heavy (non-hydrogen) atoms. The summed E-state index contributed by atoms with van der Waals surface area (Å²) in [7, 11) is 0. The zero-order valence-electron chi connectivity index (χ0n) is 11.4. The predicted octanol–water partition coefficient (Wildman–Crippen LogP) is 1.83. The molecule has 3 atom stereocenters. The number of anilines is 1. The van der Waals surface area contributed by atoms with Gasteiger partial charge in [0.2, 0.25) is 5.91 Å². The van der Waals surface area contributed by atoms with Gasteiger partial charge < -0.3 is 15.0 Å². The molecule has 4 heteroatoms. The molecule has 1 aromatic carbocycles. The molecule has 1 amide bonds. The topological polar surface area (TPSA) is 41.6 Å². The van der Waals surface area contributed by atoms with E-state index in [2.05, 4.69) is 5.32 Å². The number of rotatable bonds is 1. The van der Waals surface area contributed by atoms with Crippen LogP contribution in [0.5, 0.6) is 0 Å². The van der Waals surface area contributed by atoms with Crippen LogP contribution in [0.2, 0.25) is 0 Å².